The molecule has 0 fully saturated rings. The summed E-state index contributed by atoms with van der Waals surface area (Å²) in [5, 5.41) is 3.27. The van der Waals surface area contributed by atoms with Gasteiger partial charge in [0.2, 0.25) is 0 Å². The largest absolute Gasteiger partial charge is 0.421 e. The van der Waals surface area contributed by atoms with Gasteiger partial charge >= 0.3 is 5.76 Å². The zero-order valence-corrected chi connectivity index (χ0v) is 13.5. The lowest BCUT2D eigenvalue weighted by molar-refractivity contribution is 0.515. The summed E-state index contributed by atoms with van der Waals surface area (Å²) in [6.07, 6.45) is 0. The van der Waals surface area contributed by atoms with Crippen LogP contribution in [0.5, 0.6) is 0 Å². The Morgan fingerprint density at radius 2 is 1.74 bits per heavy atom. The van der Waals surface area contributed by atoms with E-state index in [4.69, 9.17) is 4.42 Å². The van der Waals surface area contributed by atoms with E-state index >= 15 is 0 Å². The molecule has 3 rings (SSSR count). The molecule has 0 saturated carbocycles. The molecule has 0 unspecified atom stereocenters. The van der Waals surface area contributed by atoms with Crippen molar-refractivity contribution in [1.82, 2.24) is 4.57 Å². The first-order valence-electron chi connectivity index (χ1n) is 7.90. The molecule has 0 spiro atoms. The number of fused-ring (bicyclic) bond motifs is 1. The first-order chi connectivity index (χ1) is 11.2. The second-order valence-corrected chi connectivity index (χ2v) is 5.32. The van der Waals surface area contributed by atoms with Gasteiger partial charge in [0.15, 0.2) is 5.58 Å². The zero-order chi connectivity index (χ0) is 16.2. The van der Waals surface area contributed by atoms with E-state index in [1.54, 1.807) is 10.6 Å². The summed E-state index contributed by atoms with van der Waals surface area (Å²) in [6, 6.07) is 15.7. The van der Waals surface area contributed by atoms with E-state index in [1.165, 1.54) is 5.69 Å². The zero-order valence-electron chi connectivity index (χ0n) is 13.5. The molecule has 120 valence electrons. The summed E-state index contributed by atoms with van der Waals surface area (Å²) in [5.74, 6) is -0.349. The highest BCUT2D eigenvalue weighted by Gasteiger charge is 2.08. The van der Waals surface area contributed by atoms with E-state index in [0.717, 1.165) is 24.3 Å². The molecule has 0 aliphatic heterocycles. The summed E-state index contributed by atoms with van der Waals surface area (Å²) in [6.45, 7) is 6.64. The molecular weight excluding hydrogens is 290 g/mol. The molecular formula is C18H21N3O2. The van der Waals surface area contributed by atoms with Gasteiger partial charge in [-0.05, 0) is 50.2 Å². The number of benzene rings is 2. The molecule has 0 aliphatic rings. The van der Waals surface area contributed by atoms with Gasteiger partial charge in [-0.25, -0.2) is 4.79 Å². The molecule has 0 bridgehead atoms. The van der Waals surface area contributed by atoms with Gasteiger partial charge in [-0.1, -0.05) is 12.1 Å². The normalized spacial score (nSPS) is 10.9. The van der Waals surface area contributed by atoms with Gasteiger partial charge in [0, 0.05) is 24.5 Å². The maximum absolute atomic E-state index is 11.9. The Balaban J connectivity index is 1.75. The standard InChI is InChI=1S/C18H21N3O2/c1-3-20(4-2)15-11-9-14(10-12-15)19-13-21-16-7-5-6-8-17(16)23-18(21)22/h5-12,19H,3-4,13H2,1-2H3. The SMILES string of the molecule is CCN(CC)c1ccc(NCn2c(=O)oc3ccccc32)cc1. The first-order valence-corrected chi connectivity index (χ1v) is 7.90. The van der Waals surface area contributed by atoms with Gasteiger partial charge in [0.05, 0.1) is 12.2 Å². The van der Waals surface area contributed by atoms with Crippen molar-refractivity contribution in [1.29, 1.82) is 0 Å². The van der Waals surface area contributed by atoms with Crippen LogP contribution >= 0.6 is 0 Å². The van der Waals surface area contributed by atoms with E-state index in [1.807, 2.05) is 30.3 Å². The van der Waals surface area contributed by atoms with E-state index in [2.05, 4.69) is 36.2 Å². The molecule has 3 aromatic rings. The van der Waals surface area contributed by atoms with Crippen LogP contribution in [0.1, 0.15) is 13.8 Å². The number of hydrogen-bond acceptors (Lipinski definition) is 4. The number of hydrogen-bond donors (Lipinski definition) is 1. The minimum absolute atomic E-state index is 0.349. The lowest BCUT2D eigenvalue weighted by Gasteiger charge is -2.21. The Hall–Kier alpha value is -2.69. The Bertz CT molecular complexity index is 829. The minimum atomic E-state index is -0.349. The number of anilines is 2. The van der Waals surface area contributed by atoms with Crippen LogP contribution in [0, 0.1) is 0 Å². The fourth-order valence-corrected chi connectivity index (χ4v) is 2.71. The maximum atomic E-state index is 11.9. The molecule has 5 nitrogen and oxygen atoms in total. The Morgan fingerprint density at radius 3 is 2.43 bits per heavy atom. The smallest absolute Gasteiger partial charge is 0.408 e. The van der Waals surface area contributed by atoms with Crippen molar-refractivity contribution in [3.8, 4) is 0 Å². The van der Waals surface area contributed by atoms with Crippen LogP contribution in [0.2, 0.25) is 0 Å². The van der Waals surface area contributed by atoms with E-state index < -0.39 is 0 Å². The van der Waals surface area contributed by atoms with Gasteiger partial charge in [-0.2, -0.15) is 0 Å². The number of aromatic nitrogens is 1. The van der Waals surface area contributed by atoms with E-state index in [0.29, 0.717) is 12.3 Å². The monoisotopic (exact) mass is 311 g/mol. The second kappa shape index (κ2) is 6.60. The minimum Gasteiger partial charge on any atom is -0.408 e. The number of nitrogens with one attached hydrogen (secondary N) is 1. The highest BCUT2D eigenvalue weighted by Crippen LogP contribution is 2.18. The summed E-state index contributed by atoms with van der Waals surface area (Å²) in [7, 11) is 0. The fraction of sp³-hybridized carbons (Fsp3) is 0.278. The van der Waals surface area contributed by atoms with Gasteiger partial charge in [0.1, 0.15) is 0 Å². The van der Waals surface area contributed by atoms with Crippen molar-refractivity contribution >= 4 is 22.5 Å². The summed E-state index contributed by atoms with van der Waals surface area (Å²) < 4.78 is 6.82. The van der Waals surface area contributed by atoms with Crippen molar-refractivity contribution in [2.75, 3.05) is 23.3 Å². The molecule has 0 atom stereocenters. The highest BCUT2D eigenvalue weighted by molar-refractivity contribution is 5.72. The highest BCUT2D eigenvalue weighted by atomic mass is 16.4. The van der Waals surface area contributed by atoms with Crippen LogP contribution in [0.15, 0.2) is 57.7 Å². The summed E-state index contributed by atoms with van der Waals surface area (Å²) in [5.41, 5.74) is 3.57. The number of para-hydroxylation sites is 2. The molecule has 2 aromatic carbocycles. The molecule has 5 heteroatoms. The molecule has 0 radical (unpaired) electrons. The van der Waals surface area contributed by atoms with Crippen LogP contribution < -0.4 is 16.0 Å². The fourth-order valence-electron chi connectivity index (χ4n) is 2.71. The average molecular weight is 311 g/mol. The van der Waals surface area contributed by atoms with Crippen LogP contribution in [-0.2, 0) is 6.67 Å². The molecule has 0 aliphatic carbocycles. The quantitative estimate of drug-likeness (QED) is 0.757. The molecule has 0 amide bonds. The van der Waals surface area contributed by atoms with Crippen molar-refractivity contribution in [2.45, 2.75) is 20.5 Å². The van der Waals surface area contributed by atoms with Crippen molar-refractivity contribution in [2.24, 2.45) is 0 Å². The third kappa shape index (κ3) is 3.08. The van der Waals surface area contributed by atoms with E-state index in [-0.39, 0.29) is 5.76 Å². The van der Waals surface area contributed by atoms with Gasteiger partial charge < -0.3 is 14.6 Å². The van der Waals surface area contributed by atoms with Crippen molar-refractivity contribution in [3.05, 3.63) is 59.1 Å². The third-order valence-corrected chi connectivity index (χ3v) is 4.01. The molecule has 23 heavy (non-hydrogen) atoms. The van der Waals surface area contributed by atoms with Gasteiger partial charge in [-0.15, -0.1) is 0 Å². The third-order valence-electron chi connectivity index (χ3n) is 4.01. The van der Waals surface area contributed by atoms with Gasteiger partial charge in [0.25, 0.3) is 0 Å². The van der Waals surface area contributed by atoms with Crippen molar-refractivity contribution < 1.29 is 4.42 Å². The Labute approximate surface area is 135 Å². The lowest BCUT2D eigenvalue weighted by atomic mass is 10.2. The van der Waals surface area contributed by atoms with Crippen molar-refractivity contribution in [3.63, 3.8) is 0 Å². The second-order valence-electron chi connectivity index (χ2n) is 5.32. The first kappa shape index (κ1) is 15.2. The van der Waals surface area contributed by atoms with Crippen LogP contribution in [-0.4, -0.2) is 17.7 Å². The molecule has 0 saturated heterocycles. The lowest BCUT2D eigenvalue weighted by Crippen LogP contribution is -2.21. The van der Waals surface area contributed by atoms with Gasteiger partial charge in [-0.3, -0.25) is 4.57 Å². The van der Waals surface area contributed by atoms with E-state index in [9.17, 15) is 4.79 Å². The average Bonchev–Trinajstić information content (AvgIpc) is 2.90. The topological polar surface area (TPSA) is 50.4 Å². The molecule has 1 aromatic heterocycles. The van der Waals surface area contributed by atoms with Crippen LogP contribution in [0.4, 0.5) is 11.4 Å². The molecule has 1 heterocycles. The van der Waals surface area contributed by atoms with Crippen LogP contribution in [0.25, 0.3) is 11.1 Å². The summed E-state index contributed by atoms with van der Waals surface area (Å²) in [4.78, 5) is 14.2. The Morgan fingerprint density at radius 1 is 1.04 bits per heavy atom. The maximum Gasteiger partial charge on any atom is 0.421 e. The van der Waals surface area contributed by atoms with Crippen LogP contribution in [0.3, 0.4) is 0 Å². The molecule has 1 N–H and O–H groups in total. The predicted molar refractivity (Wildman–Crippen MR) is 94.1 cm³/mol. The summed E-state index contributed by atoms with van der Waals surface area (Å²) >= 11 is 0. The Kier molecular flexibility index (Phi) is 4.37. The number of rotatable bonds is 6. The number of oxazole rings is 1. The number of nitrogens with zero attached hydrogens (tertiary/aromatic N) is 2. The predicted octanol–water partition coefficient (Wildman–Crippen LogP) is 3.51.